The van der Waals surface area contributed by atoms with Crippen molar-refractivity contribution >= 4 is 6.08 Å². The van der Waals surface area contributed by atoms with Gasteiger partial charge in [0.2, 0.25) is 0 Å². The van der Waals surface area contributed by atoms with Gasteiger partial charge in [-0.3, -0.25) is 0 Å². The van der Waals surface area contributed by atoms with E-state index in [4.69, 9.17) is 0 Å². The Labute approximate surface area is 176 Å². The van der Waals surface area contributed by atoms with Crippen LogP contribution in [0, 0.1) is 29.4 Å². The summed E-state index contributed by atoms with van der Waals surface area (Å²) in [6, 6.07) is 2.45. The molecule has 0 unspecified atom stereocenters. The maximum Gasteiger partial charge on any atom is 0.409 e. The van der Waals surface area contributed by atoms with Gasteiger partial charge in [0.15, 0.2) is 0 Å². The third-order valence-electron chi connectivity index (χ3n) is 7.31. The second-order valence-corrected chi connectivity index (χ2v) is 9.31. The van der Waals surface area contributed by atoms with Gasteiger partial charge in [0.05, 0.1) is 0 Å². The highest BCUT2D eigenvalue weighted by Gasteiger charge is 2.31. The fourth-order valence-corrected chi connectivity index (χ4v) is 5.54. The maximum atomic E-state index is 14.3. The number of benzene rings is 1. The van der Waals surface area contributed by atoms with Crippen molar-refractivity contribution in [3.8, 4) is 0 Å². The first kappa shape index (κ1) is 23.3. The lowest BCUT2D eigenvalue weighted by Gasteiger charge is -2.38. The van der Waals surface area contributed by atoms with Gasteiger partial charge in [0.25, 0.3) is 0 Å². The molecule has 0 atom stereocenters. The molecule has 3 rings (SSSR count). The molecule has 0 aliphatic heterocycles. The molecule has 1 aromatic carbocycles. The summed E-state index contributed by atoms with van der Waals surface area (Å²) in [4.78, 5) is 0. The second kappa shape index (κ2) is 10.3. The first-order chi connectivity index (χ1) is 14.3. The van der Waals surface area contributed by atoms with E-state index in [1.807, 2.05) is 0 Å². The SMILES string of the molecule is CCCCC1CCC(C2CCC(c3cc(F)c(C=CC(F)(F)F)c(F)c3)CC2)CC1. The fraction of sp³-hybridized carbons (Fsp3) is 0.680. The Hall–Kier alpha value is -1.39. The number of allylic oxidation sites excluding steroid dienone is 1. The third kappa shape index (κ3) is 6.31. The number of alkyl halides is 3. The van der Waals surface area contributed by atoms with Gasteiger partial charge in [-0.05, 0) is 86.0 Å². The van der Waals surface area contributed by atoms with Crippen molar-refractivity contribution in [1.29, 1.82) is 0 Å². The average molecular weight is 429 g/mol. The van der Waals surface area contributed by atoms with E-state index in [0.29, 0.717) is 17.6 Å². The summed E-state index contributed by atoms with van der Waals surface area (Å²) in [5.41, 5.74) is -0.0412. The zero-order valence-corrected chi connectivity index (χ0v) is 17.8. The van der Waals surface area contributed by atoms with Crippen LogP contribution in [-0.2, 0) is 0 Å². The lowest BCUT2D eigenvalue weighted by Crippen LogP contribution is -2.25. The average Bonchev–Trinajstić information content (AvgIpc) is 2.71. The van der Waals surface area contributed by atoms with Crippen molar-refractivity contribution < 1.29 is 22.0 Å². The molecule has 2 fully saturated rings. The number of hydrogen-bond acceptors (Lipinski definition) is 0. The first-order valence-electron chi connectivity index (χ1n) is 11.5. The van der Waals surface area contributed by atoms with Crippen molar-refractivity contribution in [3.63, 3.8) is 0 Å². The monoisotopic (exact) mass is 428 g/mol. The van der Waals surface area contributed by atoms with Crippen LogP contribution in [0.2, 0.25) is 0 Å². The van der Waals surface area contributed by atoms with Crippen LogP contribution >= 0.6 is 0 Å². The largest absolute Gasteiger partial charge is 0.409 e. The van der Waals surface area contributed by atoms with Gasteiger partial charge in [-0.15, -0.1) is 0 Å². The Bertz CT molecular complexity index is 682. The zero-order chi connectivity index (χ0) is 21.7. The summed E-state index contributed by atoms with van der Waals surface area (Å²) in [5.74, 6) is 0.639. The zero-order valence-electron chi connectivity index (χ0n) is 17.8. The molecule has 5 heteroatoms. The van der Waals surface area contributed by atoms with E-state index >= 15 is 0 Å². The molecule has 0 bridgehead atoms. The van der Waals surface area contributed by atoms with Crippen LogP contribution in [0.4, 0.5) is 22.0 Å². The quantitative estimate of drug-likeness (QED) is 0.397. The van der Waals surface area contributed by atoms with Gasteiger partial charge in [-0.25, -0.2) is 8.78 Å². The second-order valence-electron chi connectivity index (χ2n) is 9.31. The molecule has 0 saturated heterocycles. The van der Waals surface area contributed by atoms with E-state index in [1.165, 1.54) is 57.1 Å². The lowest BCUT2D eigenvalue weighted by molar-refractivity contribution is -0.0790. The number of rotatable bonds is 6. The van der Waals surface area contributed by atoms with Crippen LogP contribution in [0.5, 0.6) is 0 Å². The normalized spacial score (nSPS) is 28.2. The Morgan fingerprint density at radius 3 is 1.90 bits per heavy atom. The summed E-state index contributed by atoms with van der Waals surface area (Å²) in [5, 5.41) is 0. The van der Waals surface area contributed by atoms with Gasteiger partial charge in [-0.1, -0.05) is 39.0 Å². The smallest absolute Gasteiger partial charge is 0.206 e. The topological polar surface area (TPSA) is 0 Å². The number of hydrogen-bond donors (Lipinski definition) is 0. The summed E-state index contributed by atoms with van der Waals surface area (Å²) >= 11 is 0. The van der Waals surface area contributed by atoms with E-state index in [2.05, 4.69) is 6.92 Å². The predicted molar refractivity (Wildman–Crippen MR) is 111 cm³/mol. The predicted octanol–water partition coefficient (Wildman–Crippen LogP) is 8.81. The molecule has 0 aromatic heterocycles. The van der Waals surface area contributed by atoms with Gasteiger partial charge < -0.3 is 0 Å². The van der Waals surface area contributed by atoms with E-state index in [0.717, 1.165) is 37.5 Å². The van der Waals surface area contributed by atoms with Crippen molar-refractivity contribution in [2.45, 2.75) is 89.6 Å². The molecule has 0 radical (unpaired) electrons. The summed E-state index contributed by atoms with van der Waals surface area (Å²) in [6.45, 7) is 2.24. The molecule has 168 valence electrons. The summed E-state index contributed by atoms with van der Waals surface area (Å²) < 4.78 is 65.5. The molecule has 0 amide bonds. The maximum absolute atomic E-state index is 14.3. The van der Waals surface area contributed by atoms with Crippen molar-refractivity contribution in [3.05, 3.63) is 41.0 Å². The van der Waals surface area contributed by atoms with Crippen LogP contribution in [0.25, 0.3) is 6.08 Å². The van der Waals surface area contributed by atoms with Crippen molar-refractivity contribution in [2.75, 3.05) is 0 Å². The molecule has 2 aliphatic carbocycles. The Kier molecular flexibility index (Phi) is 7.98. The van der Waals surface area contributed by atoms with E-state index < -0.39 is 23.4 Å². The molecule has 1 aromatic rings. The Morgan fingerprint density at radius 1 is 0.867 bits per heavy atom. The number of unbranched alkanes of at least 4 members (excludes halogenated alkanes) is 1. The summed E-state index contributed by atoms with van der Waals surface area (Å²) in [7, 11) is 0. The Balaban J connectivity index is 1.55. The van der Waals surface area contributed by atoms with Crippen LogP contribution < -0.4 is 0 Å². The molecule has 30 heavy (non-hydrogen) atoms. The van der Waals surface area contributed by atoms with Crippen LogP contribution in [0.1, 0.15) is 94.6 Å². The first-order valence-corrected chi connectivity index (χ1v) is 11.5. The molecule has 2 aliphatic rings. The fourth-order valence-electron chi connectivity index (χ4n) is 5.54. The summed E-state index contributed by atoms with van der Waals surface area (Å²) in [6.07, 6.45) is 8.98. The molecule has 2 saturated carbocycles. The lowest BCUT2D eigenvalue weighted by atomic mass is 9.68. The third-order valence-corrected chi connectivity index (χ3v) is 7.31. The Morgan fingerprint density at radius 2 is 1.40 bits per heavy atom. The molecule has 0 nitrogen and oxygen atoms in total. The van der Waals surface area contributed by atoms with Crippen molar-refractivity contribution in [1.82, 2.24) is 0 Å². The molecular formula is C25H33F5. The van der Waals surface area contributed by atoms with E-state index in [1.54, 1.807) is 0 Å². The van der Waals surface area contributed by atoms with Gasteiger partial charge >= 0.3 is 6.18 Å². The minimum absolute atomic E-state index is 0.0896. The van der Waals surface area contributed by atoms with E-state index in [-0.39, 0.29) is 12.0 Å². The minimum atomic E-state index is -4.59. The molecule has 0 spiro atoms. The molecule has 0 N–H and O–H groups in total. The van der Waals surface area contributed by atoms with E-state index in [9.17, 15) is 22.0 Å². The van der Waals surface area contributed by atoms with Crippen LogP contribution in [0.15, 0.2) is 18.2 Å². The highest BCUT2D eigenvalue weighted by atomic mass is 19.4. The van der Waals surface area contributed by atoms with Gasteiger partial charge in [-0.2, -0.15) is 13.2 Å². The highest BCUT2D eigenvalue weighted by Crippen LogP contribution is 2.44. The van der Waals surface area contributed by atoms with Crippen molar-refractivity contribution in [2.24, 2.45) is 17.8 Å². The van der Waals surface area contributed by atoms with Crippen LogP contribution in [0.3, 0.4) is 0 Å². The number of halogens is 5. The molecule has 0 heterocycles. The van der Waals surface area contributed by atoms with Gasteiger partial charge in [0, 0.05) is 11.6 Å². The standard InChI is InChI=1S/C25H33F5/c1-2-3-4-17-5-7-18(8-6-17)19-9-11-20(12-10-19)21-15-23(26)22(24(27)16-21)13-14-25(28,29)30/h13-20H,2-12H2,1H3. The molecular weight excluding hydrogens is 395 g/mol. The van der Waals surface area contributed by atoms with Gasteiger partial charge in [0.1, 0.15) is 11.6 Å². The van der Waals surface area contributed by atoms with Crippen LogP contribution in [-0.4, -0.2) is 6.18 Å². The minimum Gasteiger partial charge on any atom is -0.206 e. The highest BCUT2D eigenvalue weighted by molar-refractivity contribution is 5.52.